The van der Waals surface area contributed by atoms with Gasteiger partial charge in [-0.2, -0.15) is 0 Å². The summed E-state index contributed by atoms with van der Waals surface area (Å²) in [6.45, 7) is 5.83. The molecule has 5 nitrogen and oxygen atoms in total. The number of fused-ring (bicyclic) bond motifs is 1. The molecule has 0 spiro atoms. The zero-order valence-electron chi connectivity index (χ0n) is 17.5. The molecule has 4 aromatic rings. The van der Waals surface area contributed by atoms with Crippen molar-refractivity contribution < 1.29 is 4.79 Å². The van der Waals surface area contributed by atoms with Crippen molar-refractivity contribution in [1.29, 1.82) is 0 Å². The lowest BCUT2D eigenvalue weighted by molar-refractivity contribution is -0.120. The van der Waals surface area contributed by atoms with E-state index in [0.29, 0.717) is 17.0 Å². The van der Waals surface area contributed by atoms with Crippen LogP contribution in [0.5, 0.6) is 0 Å². The summed E-state index contributed by atoms with van der Waals surface area (Å²) in [6, 6.07) is 13.8. The van der Waals surface area contributed by atoms with Crippen molar-refractivity contribution in [3.8, 4) is 0 Å². The molecule has 2 atom stereocenters. The third-order valence-electron chi connectivity index (χ3n) is 5.17. The largest absolute Gasteiger partial charge is 0.343 e. The third-order valence-corrected chi connectivity index (χ3v) is 8.37. The number of aromatic amines is 1. The maximum atomic E-state index is 13.0. The molecule has 0 radical (unpaired) electrons. The average Bonchev–Trinajstić information content (AvgIpc) is 3.39. The molecule has 4 rings (SSSR count). The van der Waals surface area contributed by atoms with Crippen LogP contribution >= 0.6 is 34.4 Å². The smallest absolute Gasteiger partial charge is 0.259 e. The maximum absolute atomic E-state index is 13.0. The fourth-order valence-corrected chi connectivity index (χ4v) is 5.94. The lowest BCUT2D eigenvalue weighted by Crippen LogP contribution is -2.34. The molecule has 0 bridgehead atoms. The van der Waals surface area contributed by atoms with E-state index in [0.717, 1.165) is 25.7 Å². The highest BCUT2D eigenvalue weighted by Gasteiger charge is 2.22. The summed E-state index contributed by atoms with van der Waals surface area (Å²) in [6.07, 6.45) is 0. The number of amides is 1. The molecule has 1 aromatic carbocycles. The number of nitrogens with one attached hydrogen (secondary N) is 2. The van der Waals surface area contributed by atoms with Crippen LogP contribution in [0.4, 0.5) is 0 Å². The van der Waals surface area contributed by atoms with Gasteiger partial charge in [0.15, 0.2) is 0 Å². The van der Waals surface area contributed by atoms with Crippen LogP contribution in [0.1, 0.15) is 39.7 Å². The first kappa shape index (κ1) is 21.8. The van der Waals surface area contributed by atoms with E-state index < -0.39 is 0 Å². The zero-order chi connectivity index (χ0) is 22.0. The molecule has 2 N–H and O–H groups in total. The molecule has 0 fully saturated rings. The molecule has 0 aliphatic carbocycles. The first-order chi connectivity index (χ1) is 14.9. The predicted molar refractivity (Wildman–Crippen MR) is 131 cm³/mol. The van der Waals surface area contributed by atoms with Gasteiger partial charge in [0.25, 0.3) is 5.56 Å². The Morgan fingerprint density at radius 2 is 1.97 bits per heavy atom. The van der Waals surface area contributed by atoms with Crippen LogP contribution in [0.3, 0.4) is 0 Å². The zero-order valence-corrected chi connectivity index (χ0v) is 19.9. The predicted octanol–water partition coefficient (Wildman–Crippen LogP) is 5.19. The number of rotatable bonds is 7. The molecule has 31 heavy (non-hydrogen) atoms. The Hall–Kier alpha value is -2.42. The van der Waals surface area contributed by atoms with Gasteiger partial charge in [-0.3, -0.25) is 9.59 Å². The van der Waals surface area contributed by atoms with Gasteiger partial charge < -0.3 is 10.3 Å². The SMILES string of the molecule is Cc1sc2nc(CSC(C)C(=O)NC(c3ccccc3)c3cccs3)[nH]c(=O)c2c1C. The second-order valence-electron chi connectivity index (χ2n) is 7.30. The average molecular weight is 470 g/mol. The summed E-state index contributed by atoms with van der Waals surface area (Å²) in [4.78, 5) is 35.9. The quantitative estimate of drug-likeness (QED) is 0.391. The molecule has 0 aliphatic rings. The Balaban J connectivity index is 1.46. The van der Waals surface area contributed by atoms with E-state index in [1.165, 1.54) is 23.1 Å². The Kier molecular flexibility index (Phi) is 6.60. The van der Waals surface area contributed by atoms with Gasteiger partial charge in [-0.1, -0.05) is 36.4 Å². The van der Waals surface area contributed by atoms with E-state index in [1.54, 1.807) is 11.3 Å². The number of carbonyl (C=O) groups excluding carboxylic acids is 1. The van der Waals surface area contributed by atoms with Crippen LogP contribution in [-0.2, 0) is 10.5 Å². The van der Waals surface area contributed by atoms with Crippen LogP contribution < -0.4 is 10.9 Å². The van der Waals surface area contributed by atoms with E-state index in [9.17, 15) is 9.59 Å². The summed E-state index contributed by atoms with van der Waals surface area (Å²) in [7, 11) is 0. The topological polar surface area (TPSA) is 74.8 Å². The number of nitrogens with zero attached hydrogens (tertiary/aromatic N) is 1. The van der Waals surface area contributed by atoms with Gasteiger partial charge in [0.05, 0.1) is 22.4 Å². The molecule has 160 valence electrons. The lowest BCUT2D eigenvalue weighted by atomic mass is 10.1. The van der Waals surface area contributed by atoms with Gasteiger partial charge in [0.2, 0.25) is 5.91 Å². The summed E-state index contributed by atoms with van der Waals surface area (Å²) in [5, 5.41) is 5.58. The molecule has 1 amide bonds. The van der Waals surface area contributed by atoms with Crippen LogP contribution in [0.2, 0.25) is 0 Å². The number of aromatic nitrogens is 2. The van der Waals surface area contributed by atoms with E-state index in [4.69, 9.17) is 0 Å². The van der Waals surface area contributed by atoms with Crippen molar-refractivity contribution in [2.75, 3.05) is 0 Å². The van der Waals surface area contributed by atoms with Crippen LogP contribution in [0.25, 0.3) is 10.2 Å². The number of hydrogen-bond acceptors (Lipinski definition) is 6. The van der Waals surface area contributed by atoms with E-state index in [1.807, 2.05) is 68.6 Å². The highest BCUT2D eigenvalue weighted by molar-refractivity contribution is 7.99. The first-order valence-corrected chi connectivity index (χ1v) is 12.7. The van der Waals surface area contributed by atoms with Gasteiger partial charge in [-0.15, -0.1) is 34.4 Å². The van der Waals surface area contributed by atoms with Crippen molar-refractivity contribution in [2.45, 2.75) is 37.8 Å². The Morgan fingerprint density at radius 1 is 1.19 bits per heavy atom. The maximum Gasteiger partial charge on any atom is 0.259 e. The Morgan fingerprint density at radius 3 is 2.68 bits per heavy atom. The van der Waals surface area contributed by atoms with E-state index in [-0.39, 0.29) is 22.8 Å². The minimum atomic E-state index is -0.293. The number of aryl methyl sites for hydroxylation is 2. The Labute approximate surface area is 192 Å². The minimum Gasteiger partial charge on any atom is -0.343 e. The summed E-state index contributed by atoms with van der Waals surface area (Å²) in [5.41, 5.74) is 1.93. The summed E-state index contributed by atoms with van der Waals surface area (Å²) < 4.78 is 0. The van der Waals surface area contributed by atoms with E-state index in [2.05, 4.69) is 15.3 Å². The highest BCUT2D eigenvalue weighted by Crippen LogP contribution is 2.28. The van der Waals surface area contributed by atoms with Gasteiger partial charge in [0.1, 0.15) is 10.7 Å². The third kappa shape index (κ3) is 4.76. The second kappa shape index (κ2) is 9.38. The van der Waals surface area contributed by atoms with Crippen LogP contribution in [-0.4, -0.2) is 21.1 Å². The van der Waals surface area contributed by atoms with Crippen molar-refractivity contribution in [3.05, 3.63) is 84.9 Å². The molecule has 2 unspecified atom stereocenters. The number of thiophene rings is 2. The van der Waals surface area contributed by atoms with Gasteiger partial charge in [-0.25, -0.2) is 4.98 Å². The Bertz CT molecular complexity index is 1250. The number of H-pyrrole nitrogens is 1. The number of hydrogen-bond donors (Lipinski definition) is 2. The molecule has 8 heteroatoms. The van der Waals surface area contributed by atoms with Crippen molar-refractivity contribution >= 4 is 50.6 Å². The van der Waals surface area contributed by atoms with Crippen molar-refractivity contribution in [3.63, 3.8) is 0 Å². The monoisotopic (exact) mass is 469 g/mol. The lowest BCUT2D eigenvalue weighted by Gasteiger charge is -2.20. The van der Waals surface area contributed by atoms with Crippen molar-refractivity contribution in [1.82, 2.24) is 15.3 Å². The second-order valence-corrected chi connectivity index (χ2v) is 10.8. The van der Waals surface area contributed by atoms with Crippen LogP contribution in [0.15, 0.2) is 52.6 Å². The normalized spacial score (nSPS) is 13.3. The summed E-state index contributed by atoms with van der Waals surface area (Å²) in [5.74, 6) is 1.02. The van der Waals surface area contributed by atoms with Gasteiger partial charge >= 0.3 is 0 Å². The van der Waals surface area contributed by atoms with Gasteiger partial charge in [0, 0.05) is 9.75 Å². The fraction of sp³-hybridized carbons (Fsp3) is 0.261. The number of benzene rings is 1. The first-order valence-electron chi connectivity index (χ1n) is 9.93. The summed E-state index contributed by atoms with van der Waals surface area (Å²) >= 11 is 4.62. The minimum absolute atomic E-state index is 0.0431. The van der Waals surface area contributed by atoms with Crippen LogP contribution in [0, 0.1) is 13.8 Å². The molecular formula is C23H23N3O2S3. The molecule has 0 saturated carbocycles. The molecule has 3 heterocycles. The molecular weight excluding hydrogens is 446 g/mol. The van der Waals surface area contributed by atoms with E-state index >= 15 is 0 Å². The highest BCUT2D eigenvalue weighted by atomic mass is 32.2. The fourth-order valence-electron chi connectivity index (χ4n) is 3.33. The number of thioether (sulfide) groups is 1. The van der Waals surface area contributed by atoms with Gasteiger partial charge in [-0.05, 0) is 43.3 Å². The molecule has 3 aromatic heterocycles. The van der Waals surface area contributed by atoms with Crippen molar-refractivity contribution in [2.24, 2.45) is 0 Å². The molecule has 0 aliphatic heterocycles. The standard InChI is InChI=1S/C23H23N3O2S3/c1-13-14(2)31-23-19(13)22(28)24-18(25-23)12-30-15(3)21(27)26-20(17-10-7-11-29-17)16-8-5-4-6-9-16/h4-11,15,20H,12H2,1-3H3,(H,26,27)(H,24,25,28). The number of carbonyl (C=O) groups is 1. The molecule has 0 saturated heterocycles.